The molecular formula is C17H17BrN4O. The Morgan fingerprint density at radius 1 is 1.35 bits per heavy atom. The molecule has 118 valence electrons. The van der Waals surface area contributed by atoms with Crippen LogP contribution in [0.3, 0.4) is 0 Å². The summed E-state index contributed by atoms with van der Waals surface area (Å²) in [6, 6.07) is 9.44. The highest BCUT2D eigenvalue weighted by Crippen LogP contribution is 2.26. The Kier molecular flexibility index (Phi) is 5.02. The Bertz CT molecular complexity index is 828. The van der Waals surface area contributed by atoms with Crippen molar-refractivity contribution in [1.29, 1.82) is 5.26 Å². The second-order valence-electron chi connectivity index (χ2n) is 5.42. The molecule has 0 unspecified atom stereocenters. The van der Waals surface area contributed by atoms with Crippen LogP contribution in [0.1, 0.15) is 21.7 Å². The maximum absolute atomic E-state index is 12.5. The number of nitriles is 1. The number of hydrogen-bond acceptors (Lipinski definition) is 4. The van der Waals surface area contributed by atoms with E-state index in [1.807, 2.05) is 50.2 Å². The van der Waals surface area contributed by atoms with Crippen LogP contribution in [0.25, 0.3) is 6.08 Å². The van der Waals surface area contributed by atoms with Crippen molar-refractivity contribution < 1.29 is 4.79 Å². The number of nitrogens with zero attached hydrogens (tertiary/aromatic N) is 4. The molecule has 0 fully saturated rings. The second-order valence-corrected chi connectivity index (χ2v) is 6.27. The van der Waals surface area contributed by atoms with Crippen molar-refractivity contribution in [3.63, 3.8) is 0 Å². The van der Waals surface area contributed by atoms with E-state index in [9.17, 15) is 10.1 Å². The third-order valence-electron chi connectivity index (χ3n) is 3.32. The van der Waals surface area contributed by atoms with Crippen molar-refractivity contribution in [3.8, 4) is 6.07 Å². The van der Waals surface area contributed by atoms with E-state index in [2.05, 4.69) is 21.0 Å². The summed E-state index contributed by atoms with van der Waals surface area (Å²) in [6.45, 7) is 3.60. The lowest BCUT2D eigenvalue weighted by Crippen LogP contribution is -2.15. The van der Waals surface area contributed by atoms with Gasteiger partial charge >= 0.3 is 0 Å². The van der Waals surface area contributed by atoms with E-state index in [0.717, 1.165) is 21.4 Å². The van der Waals surface area contributed by atoms with Crippen molar-refractivity contribution in [3.05, 3.63) is 51.3 Å². The zero-order valence-corrected chi connectivity index (χ0v) is 15.0. The average Bonchev–Trinajstić information content (AvgIpc) is 2.82. The van der Waals surface area contributed by atoms with Gasteiger partial charge < -0.3 is 4.90 Å². The summed E-state index contributed by atoms with van der Waals surface area (Å²) >= 11 is 3.50. The van der Waals surface area contributed by atoms with Gasteiger partial charge in [0.25, 0.3) is 5.91 Å². The predicted octanol–water partition coefficient (Wildman–Crippen LogP) is 3.58. The number of aryl methyl sites for hydroxylation is 2. The molecular weight excluding hydrogens is 356 g/mol. The molecule has 0 spiro atoms. The van der Waals surface area contributed by atoms with E-state index in [0.29, 0.717) is 5.69 Å². The molecule has 23 heavy (non-hydrogen) atoms. The van der Waals surface area contributed by atoms with E-state index in [4.69, 9.17) is 0 Å². The first-order valence-corrected chi connectivity index (χ1v) is 7.79. The van der Waals surface area contributed by atoms with Gasteiger partial charge in [0.15, 0.2) is 0 Å². The maximum Gasteiger partial charge on any atom is 0.289 e. The highest BCUT2D eigenvalue weighted by molar-refractivity contribution is 9.10. The van der Waals surface area contributed by atoms with Crippen LogP contribution < -0.4 is 4.90 Å². The van der Waals surface area contributed by atoms with Gasteiger partial charge in [0.1, 0.15) is 11.6 Å². The Labute approximate surface area is 144 Å². The highest BCUT2D eigenvalue weighted by atomic mass is 79.9. The van der Waals surface area contributed by atoms with Crippen LogP contribution in [0, 0.1) is 25.2 Å². The normalized spacial score (nSPS) is 11.2. The van der Waals surface area contributed by atoms with Crippen molar-refractivity contribution in [1.82, 2.24) is 9.78 Å². The van der Waals surface area contributed by atoms with Gasteiger partial charge in [-0.2, -0.15) is 10.4 Å². The predicted molar refractivity (Wildman–Crippen MR) is 94.4 cm³/mol. The number of allylic oxidation sites excluding steroid dienone is 1. The minimum Gasteiger partial charge on any atom is -0.377 e. The van der Waals surface area contributed by atoms with E-state index >= 15 is 0 Å². The lowest BCUT2D eigenvalue weighted by molar-refractivity contribution is 0.0944. The summed E-state index contributed by atoms with van der Waals surface area (Å²) in [6.07, 6.45) is 1.57. The number of rotatable bonds is 3. The molecule has 0 amide bonds. The third kappa shape index (κ3) is 3.69. The molecule has 0 bridgehead atoms. The molecule has 0 saturated carbocycles. The topological polar surface area (TPSA) is 61.9 Å². The fourth-order valence-electron chi connectivity index (χ4n) is 2.23. The lowest BCUT2D eigenvalue weighted by Gasteiger charge is -2.14. The minimum absolute atomic E-state index is 0.0423. The fourth-order valence-corrected chi connectivity index (χ4v) is 2.98. The number of carbonyl (C=O) groups is 1. The van der Waals surface area contributed by atoms with Gasteiger partial charge in [-0.15, -0.1) is 0 Å². The smallest absolute Gasteiger partial charge is 0.289 e. The highest BCUT2D eigenvalue weighted by Gasteiger charge is 2.15. The quantitative estimate of drug-likeness (QED) is 0.610. The van der Waals surface area contributed by atoms with E-state index < -0.39 is 5.91 Å². The summed E-state index contributed by atoms with van der Waals surface area (Å²) in [5.74, 6) is -0.425. The number of aromatic nitrogens is 2. The summed E-state index contributed by atoms with van der Waals surface area (Å²) in [5, 5.41) is 13.5. The summed E-state index contributed by atoms with van der Waals surface area (Å²) in [7, 11) is 3.89. The van der Waals surface area contributed by atoms with Gasteiger partial charge in [-0.1, -0.05) is 6.07 Å². The zero-order chi connectivity index (χ0) is 17.1. The molecule has 0 N–H and O–H groups in total. The van der Waals surface area contributed by atoms with Gasteiger partial charge in [-0.25, -0.2) is 4.68 Å². The Morgan fingerprint density at radius 3 is 2.52 bits per heavy atom. The Morgan fingerprint density at radius 2 is 2.04 bits per heavy atom. The molecule has 6 heteroatoms. The monoisotopic (exact) mass is 372 g/mol. The maximum atomic E-state index is 12.5. The molecule has 0 aliphatic rings. The van der Waals surface area contributed by atoms with Crippen molar-refractivity contribution >= 4 is 33.6 Å². The molecule has 0 aliphatic heterocycles. The van der Waals surface area contributed by atoms with Crippen LogP contribution in [-0.4, -0.2) is 29.8 Å². The van der Waals surface area contributed by atoms with Gasteiger partial charge in [-0.3, -0.25) is 4.79 Å². The first-order chi connectivity index (χ1) is 10.8. The van der Waals surface area contributed by atoms with Crippen molar-refractivity contribution in [2.24, 2.45) is 0 Å². The Hall–Kier alpha value is -2.39. The molecule has 1 aromatic carbocycles. The molecule has 0 atom stereocenters. The molecule has 0 aliphatic carbocycles. The summed E-state index contributed by atoms with van der Waals surface area (Å²) < 4.78 is 2.15. The standard InChI is InChI=1S/C17H17BrN4O/c1-11-7-12(2)22(20-11)17(23)14(10-19)8-13-5-6-16(21(3)4)15(18)9-13/h5-9H,1-4H3/b14-8+. The Balaban J connectivity index is 2.40. The van der Waals surface area contributed by atoms with Gasteiger partial charge in [-0.05, 0) is 59.6 Å². The first-order valence-electron chi connectivity index (χ1n) is 7.00. The zero-order valence-electron chi connectivity index (χ0n) is 13.5. The first kappa shape index (κ1) is 17.0. The average molecular weight is 373 g/mol. The lowest BCUT2D eigenvalue weighted by atomic mass is 10.1. The van der Waals surface area contributed by atoms with E-state index in [1.165, 1.54) is 4.68 Å². The second kappa shape index (κ2) is 6.80. The number of carbonyl (C=O) groups excluding carboxylic acids is 1. The van der Waals surface area contributed by atoms with Crippen LogP contribution in [0.15, 0.2) is 34.3 Å². The SMILES string of the molecule is Cc1cc(C)n(C(=O)/C(C#N)=C/c2ccc(N(C)C)c(Br)c2)n1. The van der Waals surface area contributed by atoms with Crippen LogP contribution in [0.4, 0.5) is 5.69 Å². The molecule has 1 heterocycles. The largest absolute Gasteiger partial charge is 0.377 e. The van der Waals surface area contributed by atoms with Crippen LogP contribution in [0.5, 0.6) is 0 Å². The number of hydrogen-bond donors (Lipinski definition) is 0. The number of anilines is 1. The summed E-state index contributed by atoms with van der Waals surface area (Å²) in [4.78, 5) is 14.4. The molecule has 2 rings (SSSR count). The third-order valence-corrected chi connectivity index (χ3v) is 3.95. The van der Waals surface area contributed by atoms with Crippen LogP contribution in [-0.2, 0) is 0 Å². The molecule has 0 saturated heterocycles. The van der Waals surface area contributed by atoms with Crippen LogP contribution in [0.2, 0.25) is 0 Å². The molecule has 1 aromatic heterocycles. The molecule has 5 nitrogen and oxygen atoms in total. The van der Waals surface area contributed by atoms with Gasteiger partial charge in [0.05, 0.1) is 11.4 Å². The van der Waals surface area contributed by atoms with Crippen molar-refractivity contribution in [2.75, 3.05) is 19.0 Å². The van der Waals surface area contributed by atoms with Crippen molar-refractivity contribution in [2.45, 2.75) is 13.8 Å². The van der Waals surface area contributed by atoms with Crippen LogP contribution >= 0.6 is 15.9 Å². The van der Waals surface area contributed by atoms with Gasteiger partial charge in [0, 0.05) is 24.3 Å². The molecule has 0 radical (unpaired) electrons. The summed E-state index contributed by atoms with van der Waals surface area (Å²) in [5.41, 5.74) is 3.28. The minimum atomic E-state index is -0.425. The van der Waals surface area contributed by atoms with Gasteiger partial charge in [0.2, 0.25) is 0 Å². The number of halogens is 1. The van der Waals surface area contributed by atoms with E-state index in [-0.39, 0.29) is 5.57 Å². The number of benzene rings is 1. The van der Waals surface area contributed by atoms with E-state index in [1.54, 1.807) is 19.1 Å². The fraction of sp³-hybridized carbons (Fsp3) is 0.235. The molecule has 2 aromatic rings.